The van der Waals surface area contributed by atoms with Crippen molar-refractivity contribution >= 4 is 22.4 Å². The monoisotopic (exact) mass is 294 g/mol. The lowest BCUT2D eigenvalue weighted by Gasteiger charge is -2.23. The molecule has 2 fully saturated rings. The molecule has 1 saturated heterocycles. The number of thiazole rings is 1. The van der Waals surface area contributed by atoms with E-state index in [2.05, 4.69) is 15.2 Å². The first-order valence-corrected chi connectivity index (χ1v) is 8.33. The summed E-state index contributed by atoms with van der Waals surface area (Å²) in [6.45, 7) is 3.07. The molecule has 3 rings (SSSR count). The van der Waals surface area contributed by atoms with Crippen LogP contribution >= 0.6 is 11.3 Å². The number of amides is 1. The SMILES string of the molecule is Nc1nc(C(=O)NC[C@@H]2CCN(C3CCCC3)C2)cs1. The topological polar surface area (TPSA) is 71.2 Å². The maximum absolute atomic E-state index is 11.9. The van der Waals surface area contributed by atoms with Gasteiger partial charge in [-0.2, -0.15) is 0 Å². The Labute approximate surface area is 123 Å². The number of rotatable bonds is 4. The molecule has 6 heteroatoms. The summed E-state index contributed by atoms with van der Waals surface area (Å²) in [5.74, 6) is 0.479. The van der Waals surface area contributed by atoms with Gasteiger partial charge in [-0.05, 0) is 31.7 Å². The van der Waals surface area contributed by atoms with Gasteiger partial charge in [0, 0.05) is 24.5 Å². The number of anilines is 1. The van der Waals surface area contributed by atoms with E-state index in [-0.39, 0.29) is 5.91 Å². The minimum Gasteiger partial charge on any atom is -0.375 e. The van der Waals surface area contributed by atoms with Crippen LogP contribution in [0.15, 0.2) is 5.38 Å². The Bertz CT molecular complexity index is 469. The fraction of sp³-hybridized carbons (Fsp3) is 0.714. The Hall–Kier alpha value is -1.14. The first-order valence-electron chi connectivity index (χ1n) is 7.45. The molecule has 1 aliphatic heterocycles. The average Bonchev–Trinajstić information content (AvgIpc) is 3.16. The van der Waals surface area contributed by atoms with Gasteiger partial charge < -0.3 is 16.0 Å². The lowest BCUT2D eigenvalue weighted by Crippen LogP contribution is -2.34. The van der Waals surface area contributed by atoms with Crippen molar-refractivity contribution in [3.63, 3.8) is 0 Å². The van der Waals surface area contributed by atoms with Crippen molar-refractivity contribution in [2.45, 2.75) is 38.1 Å². The molecule has 110 valence electrons. The zero-order valence-electron chi connectivity index (χ0n) is 11.7. The van der Waals surface area contributed by atoms with Crippen molar-refractivity contribution in [3.8, 4) is 0 Å². The maximum atomic E-state index is 11.9. The molecule has 3 N–H and O–H groups in total. The van der Waals surface area contributed by atoms with Gasteiger partial charge in [-0.1, -0.05) is 12.8 Å². The average molecular weight is 294 g/mol. The lowest BCUT2D eigenvalue weighted by atomic mass is 10.1. The lowest BCUT2D eigenvalue weighted by molar-refractivity contribution is 0.0942. The number of nitrogen functional groups attached to an aromatic ring is 1. The van der Waals surface area contributed by atoms with Crippen LogP contribution in [-0.2, 0) is 0 Å². The third-order valence-corrected chi connectivity index (χ3v) is 5.14. The molecular formula is C14H22N4OS. The third kappa shape index (κ3) is 3.12. The van der Waals surface area contributed by atoms with E-state index < -0.39 is 0 Å². The number of aromatic nitrogens is 1. The van der Waals surface area contributed by atoms with E-state index in [1.54, 1.807) is 5.38 Å². The number of hydrogen-bond acceptors (Lipinski definition) is 5. The number of nitrogens with two attached hydrogens (primary N) is 1. The fourth-order valence-electron chi connectivity index (χ4n) is 3.35. The summed E-state index contributed by atoms with van der Waals surface area (Å²) in [6, 6.07) is 0.800. The Kier molecular flexibility index (Phi) is 4.21. The normalized spacial score (nSPS) is 24.3. The van der Waals surface area contributed by atoms with Crippen molar-refractivity contribution in [3.05, 3.63) is 11.1 Å². The quantitative estimate of drug-likeness (QED) is 0.887. The molecule has 0 radical (unpaired) electrons. The largest absolute Gasteiger partial charge is 0.375 e. The summed E-state index contributed by atoms with van der Waals surface area (Å²) in [7, 11) is 0. The number of nitrogens with one attached hydrogen (secondary N) is 1. The van der Waals surface area contributed by atoms with E-state index in [1.165, 1.54) is 50.0 Å². The molecule has 1 aliphatic carbocycles. The van der Waals surface area contributed by atoms with E-state index in [4.69, 9.17) is 5.73 Å². The number of carbonyl (C=O) groups excluding carboxylic acids is 1. The number of hydrogen-bond donors (Lipinski definition) is 2. The van der Waals surface area contributed by atoms with Gasteiger partial charge in [-0.25, -0.2) is 4.98 Å². The van der Waals surface area contributed by atoms with Crippen LogP contribution in [0.25, 0.3) is 0 Å². The predicted molar refractivity (Wildman–Crippen MR) is 80.8 cm³/mol. The molecule has 0 unspecified atom stereocenters. The highest BCUT2D eigenvalue weighted by molar-refractivity contribution is 7.13. The van der Waals surface area contributed by atoms with E-state index in [0.29, 0.717) is 16.7 Å². The smallest absolute Gasteiger partial charge is 0.270 e. The second kappa shape index (κ2) is 6.10. The Balaban J connectivity index is 1.44. The molecule has 5 nitrogen and oxygen atoms in total. The molecule has 1 aromatic rings. The molecule has 1 amide bonds. The summed E-state index contributed by atoms with van der Waals surface area (Å²) in [6.07, 6.45) is 6.67. The van der Waals surface area contributed by atoms with Crippen LogP contribution < -0.4 is 11.1 Å². The number of nitrogens with zero attached hydrogens (tertiary/aromatic N) is 2. The zero-order chi connectivity index (χ0) is 13.9. The minimum absolute atomic E-state index is 0.0998. The highest BCUT2D eigenvalue weighted by atomic mass is 32.1. The van der Waals surface area contributed by atoms with Gasteiger partial charge in [0.2, 0.25) is 0 Å². The van der Waals surface area contributed by atoms with Gasteiger partial charge in [0.1, 0.15) is 5.69 Å². The van der Waals surface area contributed by atoms with Crippen LogP contribution in [0, 0.1) is 5.92 Å². The molecular weight excluding hydrogens is 272 g/mol. The highest BCUT2D eigenvalue weighted by Crippen LogP contribution is 2.28. The van der Waals surface area contributed by atoms with Gasteiger partial charge in [-0.3, -0.25) is 4.79 Å². The molecule has 0 bridgehead atoms. The van der Waals surface area contributed by atoms with Gasteiger partial charge in [0.25, 0.3) is 5.91 Å². The van der Waals surface area contributed by atoms with Crippen LogP contribution in [0.5, 0.6) is 0 Å². The third-order valence-electron chi connectivity index (χ3n) is 4.46. The Morgan fingerprint density at radius 3 is 2.95 bits per heavy atom. The molecule has 2 aliphatic rings. The molecule has 0 aromatic carbocycles. The molecule has 0 spiro atoms. The van der Waals surface area contributed by atoms with E-state index in [0.717, 1.165) is 19.1 Å². The fourth-order valence-corrected chi connectivity index (χ4v) is 3.89. The van der Waals surface area contributed by atoms with Crippen molar-refractivity contribution in [2.24, 2.45) is 5.92 Å². The van der Waals surface area contributed by atoms with E-state index in [9.17, 15) is 4.79 Å². The van der Waals surface area contributed by atoms with Crippen molar-refractivity contribution in [1.29, 1.82) is 0 Å². The van der Waals surface area contributed by atoms with Gasteiger partial charge in [0.15, 0.2) is 5.13 Å². The second-order valence-electron chi connectivity index (χ2n) is 5.87. The Morgan fingerprint density at radius 2 is 2.25 bits per heavy atom. The first-order chi connectivity index (χ1) is 9.72. The number of carbonyl (C=O) groups is 1. The predicted octanol–water partition coefficient (Wildman–Crippen LogP) is 1.72. The van der Waals surface area contributed by atoms with Crippen LogP contribution in [0.3, 0.4) is 0 Å². The zero-order valence-corrected chi connectivity index (χ0v) is 12.5. The second-order valence-corrected chi connectivity index (χ2v) is 6.76. The van der Waals surface area contributed by atoms with Crippen LogP contribution in [0.2, 0.25) is 0 Å². The van der Waals surface area contributed by atoms with Gasteiger partial charge in [0.05, 0.1) is 0 Å². The summed E-state index contributed by atoms with van der Waals surface area (Å²) in [4.78, 5) is 18.5. The van der Waals surface area contributed by atoms with Crippen LogP contribution in [0.4, 0.5) is 5.13 Å². The van der Waals surface area contributed by atoms with E-state index in [1.807, 2.05) is 0 Å². The maximum Gasteiger partial charge on any atom is 0.270 e. The summed E-state index contributed by atoms with van der Waals surface area (Å²) < 4.78 is 0. The first kappa shape index (κ1) is 13.8. The van der Waals surface area contributed by atoms with Crippen molar-refractivity contribution in [2.75, 3.05) is 25.4 Å². The summed E-state index contributed by atoms with van der Waals surface area (Å²) >= 11 is 1.31. The molecule has 2 heterocycles. The Morgan fingerprint density at radius 1 is 1.45 bits per heavy atom. The number of likely N-dealkylation sites (tertiary alicyclic amines) is 1. The standard InChI is InChI=1S/C14H22N4OS/c15-14-17-12(9-20-14)13(19)16-7-10-5-6-18(8-10)11-3-1-2-4-11/h9-11H,1-8H2,(H2,15,17)(H,16,19)/t10-/m0/s1. The summed E-state index contributed by atoms with van der Waals surface area (Å²) in [5.41, 5.74) is 5.99. The highest BCUT2D eigenvalue weighted by Gasteiger charge is 2.30. The van der Waals surface area contributed by atoms with Crippen LogP contribution in [-0.4, -0.2) is 41.5 Å². The molecule has 1 atom stereocenters. The van der Waals surface area contributed by atoms with Crippen LogP contribution in [0.1, 0.15) is 42.6 Å². The molecule has 1 aromatic heterocycles. The molecule has 1 saturated carbocycles. The minimum atomic E-state index is -0.0998. The van der Waals surface area contributed by atoms with Crippen molar-refractivity contribution in [1.82, 2.24) is 15.2 Å². The van der Waals surface area contributed by atoms with Crippen molar-refractivity contribution < 1.29 is 4.79 Å². The van der Waals surface area contributed by atoms with E-state index >= 15 is 0 Å². The van der Waals surface area contributed by atoms with Gasteiger partial charge in [-0.15, -0.1) is 11.3 Å². The van der Waals surface area contributed by atoms with Gasteiger partial charge >= 0.3 is 0 Å². The summed E-state index contributed by atoms with van der Waals surface area (Å²) in [5, 5.41) is 5.15. The molecule has 20 heavy (non-hydrogen) atoms.